The molecule has 18 heavy (non-hydrogen) atoms. The van der Waals surface area contributed by atoms with Gasteiger partial charge in [0.1, 0.15) is 0 Å². The second kappa shape index (κ2) is 8.92. The Kier molecular flexibility index (Phi) is 7.42. The molecule has 0 aromatic heterocycles. The molecule has 98 valence electrons. The Labute approximate surface area is 118 Å². The summed E-state index contributed by atoms with van der Waals surface area (Å²) in [4.78, 5) is 10.0. The molecule has 1 rings (SSSR count). The molecule has 0 unspecified atom stereocenters. The molecule has 0 heterocycles. The summed E-state index contributed by atoms with van der Waals surface area (Å²) in [5.41, 5.74) is 2.58. The van der Waals surface area contributed by atoms with E-state index in [1.165, 1.54) is 11.1 Å². The summed E-state index contributed by atoms with van der Waals surface area (Å²) < 4.78 is 1.12. The summed E-state index contributed by atoms with van der Waals surface area (Å²) in [6.45, 7) is 4.91. The molecule has 1 N–H and O–H groups in total. The summed E-state index contributed by atoms with van der Waals surface area (Å²) in [6.07, 6.45) is 6.10. The van der Waals surface area contributed by atoms with Crippen LogP contribution in [0.5, 0.6) is 0 Å². The highest BCUT2D eigenvalue weighted by atomic mass is 79.9. The first-order valence-electron chi connectivity index (χ1n) is 6.30. The lowest BCUT2D eigenvalue weighted by Gasteiger charge is -2.06. The number of hydrogen-bond donors (Lipinski definition) is 1. The van der Waals surface area contributed by atoms with Crippen LogP contribution in [0.4, 0.5) is 0 Å². The number of hydrogen-bond acceptors (Lipinski definition) is 1. The molecule has 1 amide bonds. The van der Waals surface area contributed by atoms with Gasteiger partial charge in [0.2, 0.25) is 6.41 Å². The zero-order valence-electron chi connectivity index (χ0n) is 10.6. The van der Waals surface area contributed by atoms with Crippen molar-refractivity contribution in [1.29, 1.82) is 0 Å². The number of carbonyl (C=O) groups is 1. The van der Waals surface area contributed by atoms with Crippen LogP contribution < -0.4 is 5.32 Å². The Morgan fingerprint density at radius 3 is 2.89 bits per heavy atom. The van der Waals surface area contributed by atoms with Gasteiger partial charge in [-0.25, -0.2) is 0 Å². The molecule has 0 spiro atoms. The predicted octanol–water partition coefficient (Wildman–Crippen LogP) is 3.85. The quantitative estimate of drug-likeness (QED) is 0.419. The first kappa shape index (κ1) is 15.0. The molecular formula is C15H20BrNO. The van der Waals surface area contributed by atoms with Crippen molar-refractivity contribution in [2.75, 3.05) is 6.54 Å². The predicted molar refractivity (Wildman–Crippen MR) is 79.5 cm³/mol. The van der Waals surface area contributed by atoms with E-state index in [1.807, 2.05) is 6.07 Å². The van der Waals surface area contributed by atoms with Gasteiger partial charge in [0.25, 0.3) is 0 Å². The van der Waals surface area contributed by atoms with Crippen LogP contribution in [0.25, 0.3) is 0 Å². The van der Waals surface area contributed by atoms with Crippen molar-refractivity contribution in [2.24, 2.45) is 0 Å². The third-order valence-corrected chi connectivity index (χ3v) is 3.27. The van der Waals surface area contributed by atoms with Gasteiger partial charge in [0, 0.05) is 11.0 Å². The van der Waals surface area contributed by atoms with E-state index in [1.54, 1.807) is 0 Å². The van der Waals surface area contributed by atoms with Crippen LogP contribution in [0.15, 0.2) is 40.9 Å². The number of amides is 1. The Morgan fingerprint density at radius 1 is 1.33 bits per heavy atom. The SMILES string of the molecule is C=C(CCCCCNC=O)Cc1cccc(Br)c1. The molecule has 0 atom stereocenters. The lowest BCUT2D eigenvalue weighted by atomic mass is 10.0. The highest BCUT2D eigenvalue weighted by Crippen LogP contribution is 2.17. The topological polar surface area (TPSA) is 29.1 Å². The summed E-state index contributed by atoms with van der Waals surface area (Å²) in [5, 5.41) is 2.67. The maximum atomic E-state index is 10.0. The summed E-state index contributed by atoms with van der Waals surface area (Å²) in [7, 11) is 0. The molecule has 2 nitrogen and oxygen atoms in total. The fraction of sp³-hybridized carbons (Fsp3) is 0.400. The van der Waals surface area contributed by atoms with Gasteiger partial charge in [-0.15, -0.1) is 0 Å². The number of nitrogens with one attached hydrogen (secondary N) is 1. The molecule has 0 aliphatic heterocycles. The van der Waals surface area contributed by atoms with Crippen molar-refractivity contribution >= 4 is 22.3 Å². The monoisotopic (exact) mass is 309 g/mol. The Morgan fingerprint density at radius 2 is 2.17 bits per heavy atom. The van der Waals surface area contributed by atoms with E-state index in [-0.39, 0.29) is 0 Å². The van der Waals surface area contributed by atoms with Gasteiger partial charge in [-0.1, -0.05) is 46.6 Å². The summed E-state index contributed by atoms with van der Waals surface area (Å²) in [6, 6.07) is 8.35. The van der Waals surface area contributed by atoms with E-state index in [0.29, 0.717) is 0 Å². The molecule has 1 aromatic carbocycles. The van der Waals surface area contributed by atoms with Crippen LogP contribution in [0, 0.1) is 0 Å². The molecule has 0 radical (unpaired) electrons. The van der Waals surface area contributed by atoms with Crippen LogP contribution in [-0.2, 0) is 11.2 Å². The van der Waals surface area contributed by atoms with Crippen molar-refractivity contribution in [3.63, 3.8) is 0 Å². The maximum absolute atomic E-state index is 10.0. The van der Waals surface area contributed by atoms with E-state index in [9.17, 15) is 4.79 Å². The van der Waals surface area contributed by atoms with Gasteiger partial charge in [-0.3, -0.25) is 4.79 Å². The normalized spacial score (nSPS) is 10.1. The third-order valence-electron chi connectivity index (χ3n) is 2.78. The smallest absolute Gasteiger partial charge is 0.207 e. The van der Waals surface area contributed by atoms with Crippen LogP contribution >= 0.6 is 15.9 Å². The number of unbranched alkanes of at least 4 members (excludes halogenated alkanes) is 2. The third kappa shape index (κ3) is 6.60. The van der Waals surface area contributed by atoms with Crippen LogP contribution in [0.2, 0.25) is 0 Å². The van der Waals surface area contributed by atoms with E-state index >= 15 is 0 Å². The van der Waals surface area contributed by atoms with E-state index in [0.717, 1.165) is 49.5 Å². The summed E-state index contributed by atoms with van der Waals surface area (Å²) >= 11 is 3.47. The summed E-state index contributed by atoms with van der Waals surface area (Å²) in [5.74, 6) is 0. The second-order valence-corrected chi connectivity index (χ2v) is 5.36. The van der Waals surface area contributed by atoms with Crippen molar-refractivity contribution < 1.29 is 4.79 Å². The first-order chi connectivity index (χ1) is 8.72. The minimum atomic E-state index is 0.756. The van der Waals surface area contributed by atoms with Crippen LogP contribution in [0.1, 0.15) is 31.2 Å². The van der Waals surface area contributed by atoms with Gasteiger partial charge in [0.05, 0.1) is 0 Å². The molecule has 0 aliphatic rings. The van der Waals surface area contributed by atoms with E-state index in [2.05, 4.69) is 46.0 Å². The van der Waals surface area contributed by atoms with Gasteiger partial charge >= 0.3 is 0 Å². The molecule has 0 saturated heterocycles. The molecule has 0 bridgehead atoms. The minimum absolute atomic E-state index is 0.756. The van der Waals surface area contributed by atoms with Crippen molar-refractivity contribution in [3.05, 3.63) is 46.5 Å². The number of allylic oxidation sites excluding steroid dienone is 1. The zero-order chi connectivity index (χ0) is 13.2. The second-order valence-electron chi connectivity index (χ2n) is 4.44. The van der Waals surface area contributed by atoms with Crippen LogP contribution in [0.3, 0.4) is 0 Å². The Balaban J connectivity index is 2.16. The largest absolute Gasteiger partial charge is 0.359 e. The van der Waals surface area contributed by atoms with Gasteiger partial charge in [0.15, 0.2) is 0 Å². The van der Waals surface area contributed by atoms with E-state index in [4.69, 9.17) is 0 Å². The molecular weight excluding hydrogens is 290 g/mol. The van der Waals surface area contributed by atoms with Crippen LogP contribution in [-0.4, -0.2) is 13.0 Å². The van der Waals surface area contributed by atoms with Crippen molar-refractivity contribution in [3.8, 4) is 0 Å². The molecule has 1 aromatic rings. The van der Waals surface area contributed by atoms with Crippen molar-refractivity contribution in [1.82, 2.24) is 5.32 Å². The number of rotatable bonds is 9. The maximum Gasteiger partial charge on any atom is 0.207 e. The lowest BCUT2D eigenvalue weighted by Crippen LogP contribution is -2.11. The highest BCUT2D eigenvalue weighted by molar-refractivity contribution is 9.10. The number of halogens is 1. The molecule has 0 saturated carbocycles. The molecule has 3 heteroatoms. The lowest BCUT2D eigenvalue weighted by molar-refractivity contribution is -0.109. The average molecular weight is 310 g/mol. The zero-order valence-corrected chi connectivity index (χ0v) is 12.2. The van der Waals surface area contributed by atoms with Crippen molar-refractivity contribution in [2.45, 2.75) is 32.1 Å². The number of benzene rings is 1. The Bertz CT molecular complexity index is 390. The van der Waals surface area contributed by atoms with E-state index < -0.39 is 0 Å². The average Bonchev–Trinajstić information content (AvgIpc) is 2.33. The Hall–Kier alpha value is -1.09. The van der Waals surface area contributed by atoms with Gasteiger partial charge in [-0.2, -0.15) is 0 Å². The fourth-order valence-corrected chi connectivity index (χ4v) is 2.31. The highest BCUT2D eigenvalue weighted by Gasteiger charge is 1.99. The molecule has 0 fully saturated rings. The standard InChI is InChI=1S/C15H20BrNO/c1-13(6-3-2-4-9-17-12-18)10-14-7-5-8-15(16)11-14/h5,7-8,11-12H,1-4,6,9-10H2,(H,17,18). The fourth-order valence-electron chi connectivity index (χ4n) is 1.86. The van der Waals surface area contributed by atoms with Gasteiger partial charge < -0.3 is 5.32 Å². The number of carbonyl (C=O) groups excluding carboxylic acids is 1. The first-order valence-corrected chi connectivity index (χ1v) is 7.10. The minimum Gasteiger partial charge on any atom is -0.359 e. The van der Waals surface area contributed by atoms with Gasteiger partial charge in [-0.05, 0) is 43.4 Å². The molecule has 0 aliphatic carbocycles.